The maximum absolute atomic E-state index is 8.25. The van der Waals surface area contributed by atoms with E-state index < -0.39 is 20.3 Å². The van der Waals surface area contributed by atoms with Gasteiger partial charge in [0.2, 0.25) is 0 Å². The summed E-state index contributed by atoms with van der Waals surface area (Å²) in [6.45, 7) is 0. The minimum absolute atomic E-state index is 0. The number of aromatic nitrogens is 18. The van der Waals surface area contributed by atoms with Crippen LogP contribution in [-0.4, -0.2) is 82.2 Å². The predicted molar refractivity (Wildman–Crippen MR) is 134 cm³/mol. The molecule has 0 atom stereocenters. The summed E-state index contributed by atoms with van der Waals surface area (Å²) >= 11 is 0. The van der Waals surface area contributed by atoms with E-state index in [1.807, 2.05) is 0 Å². The Bertz CT molecular complexity index is 937. The van der Waals surface area contributed by atoms with E-state index in [1.54, 1.807) is 0 Å². The number of nitrogens with zero attached hydrogens (tertiary/aromatic N) is 22. The quantitative estimate of drug-likeness (QED) is 0.0788. The Balaban J connectivity index is -0.0000000544. The van der Waals surface area contributed by atoms with Gasteiger partial charge in [-0.1, -0.05) is 74.4 Å². The Morgan fingerprint density at radius 1 is 0.294 bits per heavy atom. The van der Waals surface area contributed by atoms with Gasteiger partial charge in [-0.15, -0.1) is 0 Å². The molecule has 0 spiro atoms. The van der Waals surface area contributed by atoms with Crippen LogP contribution in [-0.2, 0) is 97.4 Å². The Kier molecular flexibility index (Phi) is 84.4. The van der Waals surface area contributed by atoms with Gasteiger partial charge in [-0.3, -0.25) is 31.3 Å². The standard InChI is InChI=1S/6C2H2N3.4NO3.5Zn/c6*1-2-4-5-3-1;4*2-1(3)4;;;;;/h6*1-2H;;;;;;;;;/q10*-1;5*+2. The summed E-state index contributed by atoms with van der Waals surface area (Å²) in [5, 5.41) is 119. The molecule has 0 aromatic carbocycles. The van der Waals surface area contributed by atoms with Crippen LogP contribution in [0.25, 0.3) is 0 Å². The molecule has 39 heteroatoms. The third-order valence-electron chi connectivity index (χ3n) is 1.82. The van der Waals surface area contributed by atoms with E-state index in [-0.39, 0.29) is 97.4 Å². The van der Waals surface area contributed by atoms with Crippen molar-refractivity contribution in [2.24, 2.45) is 0 Å². The molecule has 252 valence electrons. The molecule has 6 heterocycles. The molecule has 0 aliphatic heterocycles. The van der Waals surface area contributed by atoms with Crippen LogP contribution in [0, 0.1) is 61.3 Å². The molecule has 0 aliphatic carbocycles. The van der Waals surface area contributed by atoms with Crippen LogP contribution in [0.4, 0.5) is 0 Å². The molecule has 0 fully saturated rings. The van der Waals surface area contributed by atoms with Crippen molar-refractivity contribution in [3.05, 3.63) is 136 Å². The van der Waals surface area contributed by atoms with E-state index in [0.29, 0.717) is 0 Å². The molecule has 6 rings (SSSR count). The molecular formula is C12H12N22O12Zn5. The zero-order chi connectivity index (χ0) is 35.5. The Morgan fingerprint density at radius 2 is 0.392 bits per heavy atom. The van der Waals surface area contributed by atoms with Gasteiger partial charge in [0.05, 0.1) is 20.3 Å². The average Bonchev–Trinajstić information content (AvgIpc) is 3.88. The molecule has 34 nitrogen and oxygen atoms in total. The predicted octanol–water partition coefficient (Wildman–Crippen LogP) is -4.37. The molecule has 0 aliphatic rings. The molecule has 0 amide bonds. The molecule has 6 aromatic rings. The Hall–Kier alpha value is -5.24. The van der Waals surface area contributed by atoms with Crippen LogP contribution in [0.5, 0.6) is 0 Å². The first-order valence-corrected chi connectivity index (χ1v) is 9.69. The zero-order valence-electron chi connectivity index (χ0n) is 25.2. The number of hydrogen-bond acceptors (Lipinski definition) is 24. The molecule has 0 bridgehead atoms. The first kappa shape index (κ1) is 67.8. The molecule has 6 aromatic heterocycles. The fourth-order valence-corrected chi connectivity index (χ4v) is 0.894. The smallest absolute Gasteiger partial charge is 0.359 e. The van der Waals surface area contributed by atoms with Gasteiger partial charge < -0.3 is 122 Å². The van der Waals surface area contributed by atoms with Gasteiger partial charge in [-0.25, -0.2) is 0 Å². The van der Waals surface area contributed by atoms with E-state index in [1.165, 1.54) is 74.4 Å². The van der Waals surface area contributed by atoms with Crippen molar-refractivity contribution < 1.29 is 118 Å². The second kappa shape index (κ2) is 63.4. The summed E-state index contributed by atoms with van der Waals surface area (Å²) in [4.78, 5) is 33.0. The fraction of sp³-hybridized carbons (Fsp3) is 0. The molecule has 0 saturated heterocycles. The second-order valence-corrected chi connectivity index (χ2v) is 4.61. The Morgan fingerprint density at radius 3 is 0.412 bits per heavy atom. The summed E-state index contributed by atoms with van der Waals surface area (Å²) in [7, 11) is 0. The third kappa shape index (κ3) is 133. The SMILES string of the molecule is O=[N+]([O-])[O-].O=[N+]([O-])[O-].O=[N+]([O-])[O-].O=[N+]([O-])[O-].[Zn+2].[Zn+2].[Zn+2].[Zn+2].[Zn+2].c1c[n-]nn1.c1c[n-]nn1.c1c[n-]nn1.c1c[n-]nn1.c1c[n-]nn1.c1c[n-]nn1. The first-order chi connectivity index (χ1) is 21.9. The van der Waals surface area contributed by atoms with Gasteiger partial charge in [-0.05, 0) is 0 Å². The van der Waals surface area contributed by atoms with Crippen molar-refractivity contribution in [3.63, 3.8) is 0 Å². The summed E-state index contributed by atoms with van der Waals surface area (Å²) in [5.41, 5.74) is 0. The summed E-state index contributed by atoms with van der Waals surface area (Å²) < 4.78 is 0. The van der Waals surface area contributed by atoms with Crippen LogP contribution in [0.3, 0.4) is 0 Å². The van der Waals surface area contributed by atoms with Crippen LogP contribution < -0.4 is 30.6 Å². The second-order valence-electron chi connectivity index (χ2n) is 4.61. The van der Waals surface area contributed by atoms with Crippen molar-refractivity contribution in [2.45, 2.75) is 0 Å². The van der Waals surface area contributed by atoms with Crippen molar-refractivity contribution in [1.82, 2.24) is 92.5 Å². The van der Waals surface area contributed by atoms with Crippen LogP contribution in [0.15, 0.2) is 74.4 Å². The van der Waals surface area contributed by atoms with Gasteiger partial charge >= 0.3 is 97.4 Å². The number of rotatable bonds is 0. The topological polar surface area (TPSA) is 504 Å². The first-order valence-electron chi connectivity index (χ1n) is 9.69. The van der Waals surface area contributed by atoms with Crippen LogP contribution in [0.1, 0.15) is 0 Å². The maximum atomic E-state index is 8.25. The van der Waals surface area contributed by atoms with E-state index in [0.717, 1.165) is 0 Å². The summed E-state index contributed by atoms with van der Waals surface area (Å²) in [6.07, 6.45) is 18.3. The largest absolute Gasteiger partial charge is 2.00 e. The molecule has 0 unspecified atom stereocenters. The maximum Gasteiger partial charge on any atom is 2.00 e. The van der Waals surface area contributed by atoms with Crippen molar-refractivity contribution in [3.8, 4) is 0 Å². The van der Waals surface area contributed by atoms with Crippen LogP contribution in [0.2, 0.25) is 0 Å². The molecule has 0 N–H and O–H groups in total. The molecule has 0 saturated carbocycles. The Labute approximate surface area is 343 Å². The van der Waals surface area contributed by atoms with Gasteiger partial charge in [0.1, 0.15) is 0 Å². The minimum Gasteiger partial charge on any atom is -0.359 e. The van der Waals surface area contributed by atoms with E-state index >= 15 is 0 Å². The normalized spacial score (nSPS) is 6.59. The fourth-order valence-electron chi connectivity index (χ4n) is 0.894. The van der Waals surface area contributed by atoms with E-state index in [4.69, 9.17) is 61.3 Å². The van der Waals surface area contributed by atoms with Crippen molar-refractivity contribution >= 4 is 0 Å². The van der Waals surface area contributed by atoms with Gasteiger partial charge in [0.25, 0.3) is 0 Å². The average molecular weight is 983 g/mol. The van der Waals surface area contributed by atoms with E-state index in [2.05, 4.69) is 92.5 Å². The number of hydrogen-bond donors (Lipinski definition) is 0. The van der Waals surface area contributed by atoms with Crippen molar-refractivity contribution in [1.29, 1.82) is 0 Å². The third-order valence-corrected chi connectivity index (χ3v) is 1.82. The van der Waals surface area contributed by atoms with E-state index in [9.17, 15) is 0 Å². The minimum atomic E-state index is -1.75. The van der Waals surface area contributed by atoms with Gasteiger partial charge in [0, 0.05) is 0 Å². The van der Waals surface area contributed by atoms with Crippen molar-refractivity contribution in [2.75, 3.05) is 0 Å². The van der Waals surface area contributed by atoms with Gasteiger partial charge in [0.15, 0.2) is 0 Å². The molecular weight excluding hydrogens is 971 g/mol. The molecule has 0 radical (unpaired) electrons. The zero-order valence-corrected chi connectivity index (χ0v) is 40.0. The van der Waals surface area contributed by atoms with Gasteiger partial charge in [-0.2, -0.15) is 0 Å². The molecule has 51 heavy (non-hydrogen) atoms. The summed E-state index contributed by atoms with van der Waals surface area (Å²) in [5.74, 6) is 0. The van der Waals surface area contributed by atoms with Crippen LogP contribution >= 0.6 is 0 Å². The summed E-state index contributed by atoms with van der Waals surface area (Å²) in [6, 6.07) is 0. The monoisotopic (exact) mass is 976 g/mol.